The number of carbonyl (C=O) groups is 1. The summed E-state index contributed by atoms with van der Waals surface area (Å²) in [5.74, 6) is 2.04. The fourth-order valence-corrected chi connectivity index (χ4v) is 5.35. The Balaban J connectivity index is 1.50. The van der Waals surface area contributed by atoms with Crippen molar-refractivity contribution >= 4 is 23.3 Å². The summed E-state index contributed by atoms with van der Waals surface area (Å²) in [6.45, 7) is 11.2. The monoisotopic (exact) mass is 520 g/mol. The standard InChI is InChI=1S/C28H32N4O4S/c1-18(2)13-20-14-22-25(15-24(20)34-5)36-16-23-26(29-32(27(22)23)21-7-12-37-17-21)28(33)30(4)8-6-9-31-10-11-35-19(31)3/h7,12-15,17H,3,6,8-11,16H2,1-2,4-5H3. The van der Waals surface area contributed by atoms with Gasteiger partial charge in [-0.05, 0) is 44.4 Å². The number of carbonyl (C=O) groups excluding carboxylic acids is 1. The van der Waals surface area contributed by atoms with Crippen molar-refractivity contribution in [2.45, 2.75) is 26.9 Å². The van der Waals surface area contributed by atoms with Crippen LogP contribution in [0.3, 0.4) is 0 Å². The summed E-state index contributed by atoms with van der Waals surface area (Å²) < 4.78 is 19.1. The summed E-state index contributed by atoms with van der Waals surface area (Å²) in [7, 11) is 3.48. The second-order valence-corrected chi connectivity index (χ2v) is 10.3. The van der Waals surface area contributed by atoms with Crippen LogP contribution in [0.2, 0.25) is 0 Å². The van der Waals surface area contributed by atoms with Gasteiger partial charge in [-0.15, -0.1) is 0 Å². The minimum Gasteiger partial charge on any atom is -0.496 e. The Morgan fingerprint density at radius 1 is 1.32 bits per heavy atom. The fraction of sp³-hybridized carbons (Fsp3) is 0.357. The third-order valence-electron chi connectivity index (χ3n) is 6.59. The van der Waals surface area contributed by atoms with Gasteiger partial charge in [0.15, 0.2) is 11.6 Å². The van der Waals surface area contributed by atoms with E-state index < -0.39 is 0 Å². The van der Waals surface area contributed by atoms with Gasteiger partial charge in [-0.3, -0.25) is 4.79 Å². The first-order valence-electron chi connectivity index (χ1n) is 12.3. The van der Waals surface area contributed by atoms with Gasteiger partial charge in [0.25, 0.3) is 5.91 Å². The van der Waals surface area contributed by atoms with Crippen LogP contribution in [0.25, 0.3) is 23.0 Å². The number of ether oxygens (including phenoxy) is 3. The van der Waals surface area contributed by atoms with Gasteiger partial charge < -0.3 is 24.0 Å². The molecule has 8 nitrogen and oxygen atoms in total. The van der Waals surface area contributed by atoms with Gasteiger partial charge in [0.05, 0.1) is 25.0 Å². The first-order valence-corrected chi connectivity index (χ1v) is 13.3. The van der Waals surface area contributed by atoms with Crippen LogP contribution >= 0.6 is 11.3 Å². The lowest BCUT2D eigenvalue weighted by Crippen LogP contribution is -2.31. The summed E-state index contributed by atoms with van der Waals surface area (Å²) in [5.41, 5.74) is 6.02. The number of amides is 1. The van der Waals surface area contributed by atoms with Crippen LogP contribution in [0, 0.1) is 0 Å². The minimum atomic E-state index is -0.119. The zero-order valence-corrected chi connectivity index (χ0v) is 22.6. The number of aromatic nitrogens is 2. The van der Waals surface area contributed by atoms with Crippen molar-refractivity contribution in [3.8, 4) is 28.4 Å². The molecule has 4 heterocycles. The van der Waals surface area contributed by atoms with Gasteiger partial charge in [0.2, 0.25) is 0 Å². The predicted molar refractivity (Wildman–Crippen MR) is 145 cm³/mol. The maximum absolute atomic E-state index is 13.6. The third kappa shape index (κ3) is 4.83. The maximum Gasteiger partial charge on any atom is 0.274 e. The number of thiophene rings is 1. The van der Waals surface area contributed by atoms with Crippen molar-refractivity contribution in [1.29, 1.82) is 0 Å². The molecule has 0 atom stereocenters. The smallest absolute Gasteiger partial charge is 0.274 e. The Labute approximate surface area is 221 Å². The van der Waals surface area contributed by atoms with Crippen LogP contribution in [-0.4, -0.2) is 65.9 Å². The van der Waals surface area contributed by atoms with E-state index in [0.717, 1.165) is 58.9 Å². The van der Waals surface area contributed by atoms with Crippen molar-refractivity contribution in [3.05, 3.63) is 63.8 Å². The average molecular weight is 521 g/mol. The van der Waals surface area contributed by atoms with Gasteiger partial charge in [-0.2, -0.15) is 16.4 Å². The SMILES string of the molecule is C=C1OCCN1CCCN(C)C(=O)c1nn(-c2ccsc2)c2c1COc1cc(OC)c(C=C(C)C)cc1-2. The molecule has 0 radical (unpaired) electrons. The molecule has 0 bridgehead atoms. The predicted octanol–water partition coefficient (Wildman–Crippen LogP) is 5.19. The van der Waals surface area contributed by atoms with Crippen LogP contribution in [0.1, 0.15) is 41.9 Å². The molecule has 1 saturated heterocycles. The summed E-state index contributed by atoms with van der Waals surface area (Å²) >= 11 is 1.59. The molecule has 0 aliphatic carbocycles. The highest BCUT2D eigenvalue weighted by Crippen LogP contribution is 2.44. The molecule has 2 aromatic heterocycles. The topological polar surface area (TPSA) is 69.1 Å². The van der Waals surface area contributed by atoms with Gasteiger partial charge in [-0.25, -0.2) is 4.68 Å². The molecule has 3 aromatic rings. The van der Waals surface area contributed by atoms with Crippen LogP contribution in [-0.2, 0) is 11.3 Å². The minimum absolute atomic E-state index is 0.119. The quantitative estimate of drug-likeness (QED) is 0.407. The molecular formula is C28H32N4O4S. The van der Waals surface area contributed by atoms with E-state index in [-0.39, 0.29) is 12.5 Å². The van der Waals surface area contributed by atoms with Crippen LogP contribution in [0.15, 0.2) is 47.0 Å². The zero-order valence-electron chi connectivity index (χ0n) is 21.7. The van der Waals surface area contributed by atoms with Crippen molar-refractivity contribution in [1.82, 2.24) is 19.6 Å². The van der Waals surface area contributed by atoms with Crippen molar-refractivity contribution in [3.63, 3.8) is 0 Å². The molecule has 2 aliphatic heterocycles. The Bertz CT molecular complexity index is 1350. The number of hydrogen-bond donors (Lipinski definition) is 0. The second kappa shape index (κ2) is 10.3. The Kier molecular flexibility index (Phi) is 6.97. The average Bonchev–Trinajstić information content (AvgIpc) is 3.63. The molecule has 0 unspecified atom stereocenters. The first kappa shape index (κ1) is 25.0. The Morgan fingerprint density at radius 2 is 2.16 bits per heavy atom. The van der Waals surface area contributed by atoms with E-state index in [9.17, 15) is 4.79 Å². The summed E-state index contributed by atoms with van der Waals surface area (Å²) in [6, 6.07) is 5.99. The van der Waals surface area contributed by atoms with Crippen LogP contribution in [0.5, 0.6) is 11.5 Å². The largest absolute Gasteiger partial charge is 0.496 e. The number of hydrogen-bond acceptors (Lipinski definition) is 7. The number of nitrogens with zero attached hydrogens (tertiary/aromatic N) is 4. The highest BCUT2D eigenvalue weighted by Gasteiger charge is 2.32. The van der Waals surface area contributed by atoms with E-state index in [1.807, 2.05) is 34.6 Å². The lowest BCUT2D eigenvalue weighted by Gasteiger charge is -2.22. The molecule has 1 amide bonds. The van der Waals surface area contributed by atoms with Gasteiger partial charge in [-0.1, -0.05) is 11.6 Å². The molecule has 1 fully saturated rings. The van der Waals surface area contributed by atoms with E-state index in [0.29, 0.717) is 30.5 Å². The maximum atomic E-state index is 13.6. The second-order valence-electron chi connectivity index (χ2n) is 9.48. The third-order valence-corrected chi connectivity index (χ3v) is 7.26. The first-order chi connectivity index (χ1) is 17.9. The highest BCUT2D eigenvalue weighted by molar-refractivity contribution is 7.08. The van der Waals surface area contributed by atoms with Gasteiger partial charge in [0.1, 0.15) is 24.7 Å². The number of allylic oxidation sites excluding steroid dienone is 1. The molecule has 0 spiro atoms. The summed E-state index contributed by atoms with van der Waals surface area (Å²) in [5, 5.41) is 8.89. The number of fused-ring (bicyclic) bond motifs is 3. The molecular weight excluding hydrogens is 488 g/mol. The van der Waals surface area contributed by atoms with Gasteiger partial charge >= 0.3 is 0 Å². The molecule has 37 heavy (non-hydrogen) atoms. The van der Waals surface area contributed by atoms with Crippen molar-refractivity contribution in [2.75, 3.05) is 40.4 Å². The molecule has 194 valence electrons. The van der Waals surface area contributed by atoms with Crippen LogP contribution in [0.4, 0.5) is 0 Å². The van der Waals surface area contributed by atoms with E-state index >= 15 is 0 Å². The van der Waals surface area contributed by atoms with Gasteiger partial charge in [0, 0.05) is 48.3 Å². The van der Waals surface area contributed by atoms with Crippen LogP contribution < -0.4 is 9.47 Å². The zero-order chi connectivity index (χ0) is 26.1. The molecule has 5 rings (SSSR count). The number of benzene rings is 1. The Morgan fingerprint density at radius 3 is 2.84 bits per heavy atom. The normalized spacial score (nSPS) is 13.9. The van der Waals surface area contributed by atoms with Crippen molar-refractivity contribution in [2.24, 2.45) is 0 Å². The lowest BCUT2D eigenvalue weighted by atomic mass is 9.98. The summed E-state index contributed by atoms with van der Waals surface area (Å²) in [6.07, 6.45) is 2.89. The number of methoxy groups -OCH3 is 1. The van der Waals surface area contributed by atoms with E-state index in [4.69, 9.17) is 19.3 Å². The van der Waals surface area contributed by atoms with E-state index in [1.165, 1.54) is 0 Å². The molecule has 0 N–H and O–H groups in total. The molecule has 0 saturated carbocycles. The molecule has 1 aromatic carbocycles. The number of rotatable bonds is 8. The lowest BCUT2D eigenvalue weighted by molar-refractivity contribution is 0.0781. The Hall–Kier alpha value is -3.72. The summed E-state index contributed by atoms with van der Waals surface area (Å²) in [4.78, 5) is 17.5. The molecule has 2 aliphatic rings. The van der Waals surface area contributed by atoms with E-state index in [1.54, 1.807) is 23.3 Å². The highest BCUT2D eigenvalue weighted by atomic mass is 32.1. The molecule has 9 heteroatoms. The van der Waals surface area contributed by atoms with Crippen molar-refractivity contribution < 1.29 is 19.0 Å². The van der Waals surface area contributed by atoms with E-state index in [2.05, 4.69) is 37.5 Å². The fourth-order valence-electron chi connectivity index (χ4n) is 4.74.